The minimum absolute atomic E-state index is 0.0342. The van der Waals surface area contributed by atoms with Gasteiger partial charge in [-0.25, -0.2) is 26.3 Å². The Morgan fingerprint density at radius 3 is 0.817 bits per heavy atom. The van der Waals surface area contributed by atoms with E-state index in [-0.39, 0.29) is 31.5 Å². The van der Waals surface area contributed by atoms with E-state index in [1.807, 2.05) is 13.8 Å². The van der Waals surface area contributed by atoms with E-state index >= 15 is 0 Å². The number of nitrogens with one attached hydrogen (secondary N) is 2. The van der Waals surface area contributed by atoms with E-state index in [9.17, 15) is 26.4 Å². The summed E-state index contributed by atoms with van der Waals surface area (Å²) in [5.74, 6) is 0.592. The van der Waals surface area contributed by atoms with Crippen molar-refractivity contribution in [3.05, 3.63) is 175 Å². The SMILES string of the molecule is CCCOc1c2cc(C(C)(C)C)cc1Cc1cc(C(C)(C)C)cc(c1OCC(=O)NS(=O)(=O)c1ccc(C)cc1)Cc1cc(C(C)(C)C)cc(c1OCCC)Cc1cc(C(C)(C)C)cc(c1OCC(=O)NS(=O)(=O)c1ccc(C)cc1)C2. The third-order valence-electron chi connectivity index (χ3n) is 14.7. The van der Waals surface area contributed by atoms with Gasteiger partial charge in [0.25, 0.3) is 31.9 Å². The van der Waals surface area contributed by atoms with Crippen LogP contribution in [-0.2, 0) is 77.0 Å². The molecule has 0 heterocycles. The summed E-state index contributed by atoms with van der Waals surface area (Å²) in [4.78, 5) is 27.9. The first-order chi connectivity index (χ1) is 38.2. The van der Waals surface area contributed by atoms with Crippen LogP contribution in [0.1, 0.15) is 188 Å². The van der Waals surface area contributed by atoms with Crippen LogP contribution >= 0.6 is 0 Å². The van der Waals surface area contributed by atoms with Gasteiger partial charge in [0.05, 0.1) is 23.0 Å². The molecule has 6 aromatic carbocycles. The van der Waals surface area contributed by atoms with E-state index < -0.39 is 45.1 Å². The number of hydrogen-bond donors (Lipinski definition) is 2. The second kappa shape index (κ2) is 24.7. The molecule has 12 nitrogen and oxygen atoms in total. The lowest BCUT2D eigenvalue weighted by molar-refractivity contribution is -0.122. The summed E-state index contributed by atoms with van der Waals surface area (Å²) in [6.07, 6.45) is 2.62. The Labute approximate surface area is 489 Å². The second-order valence-corrected chi connectivity index (χ2v) is 29.5. The number of carbonyl (C=O) groups excluding carboxylic acids is 2. The van der Waals surface area contributed by atoms with Crippen LogP contribution in [0.15, 0.2) is 107 Å². The molecule has 440 valence electrons. The highest BCUT2D eigenvalue weighted by molar-refractivity contribution is 7.90. The number of aryl methyl sites for hydroxylation is 2. The van der Waals surface area contributed by atoms with Gasteiger partial charge in [-0.2, -0.15) is 0 Å². The van der Waals surface area contributed by atoms with Crippen molar-refractivity contribution in [2.24, 2.45) is 0 Å². The molecular weight excluding hydrogens is 1070 g/mol. The van der Waals surface area contributed by atoms with Crippen molar-refractivity contribution in [1.29, 1.82) is 0 Å². The highest BCUT2D eigenvalue weighted by Gasteiger charge is 2.31. The smallest absolute Gasteiger partial charge is 0.271 e. The van der Waals surface area contributed by atoms with Gasteiger partial charge in [0, 0.05) is 25.7 Å². The van der Waals surface area contributed by atoms with Gasteiger partial charge in [-0.3, -0.25) is 9.59 Å². The summed E-state index contributed by atoms with van der Waals surface area (Å²) in [6.45, 7) is 33.4. The predicted octanol–water partition coefficient (Wildman–Crippen LogP) is 13.5. The van der Waals surface area contributed by atoms with Crippen LogP contribution in [0.25, 0.3) is 0 Å². The van der Waals surface area contributed by atoms with Crippen molar-refractivity contribution >= 4 is 31.9 Å². The van der Waals surface area contributed by atoms with Gasteiger partial charge in [-0.15, -0.1) is 0 Å². The van der Waals surface area contributed by atoms with Gasteiger partial charge in [-0.05, 0) is 139 Å². The molecule has 7 rings (SSSR count). The molecule has 1 aliphatic carbocycles. The Kier molecular flexibility index (Phi) is 18.9. The molecule has 0 aliphatic heterocycles. The fourth-order valence-corrected chi connectivity index (χ4v) is 11.9. The Balaban J connectivity index is 1.53. The van der Waals surface area contributed by atoms with Crippen LogP contribution < -0.4 is 28.4 Å². The third kappa shape index (κ3) is 15.5. The maximum Gasteiger partial charge on any atom is 0.271 e. The molecule has 0 saturated heterocycles. The molecule has 8 bridgehead atoms. The largest absolute Gasteiger partial charge is 0.493 e. The number of sulfonamides is 2. The Morgan fingerprint density at radius 2 is 0.610 bits per heavy atom. The highest BCUT2D eigenvalue weighted by Crippen LogP contribution is 2.45. The number of fused-ring (bicyclic) bond motifs is 8. The summed E-state index contributed by atoms with van der Waals surface area (Å²) in [5.41, 5.74) is 11.1. The standard InChI is InChI=1S/C68H86N2O10S2/c1-17-27-77-61-45-29-49-37-55(67(11,12)13)39-51(63(49)79-41-59(71)69-81(73,74)57-23-19-43(3)20-24-57)31-47-35-54(66(8,9)10)36-48(62(47)78-28-18-2)32-52-40-56(68(14,15)16)38-50(30-46(61)34-53(33-45)65(5,6)7)64(52)80-42-60(72)70-82(75,76)58-25-21-44(4)22-26-58/h19-26,33-40H,17-18,27-32,41-42H2,1-16H3,(H,69,71)(H,70,72). The van der Waals surface area contributed by atoms with E-state index in [2.05, 4.69) is 155 Å². The summed E-state index contributed by atoms with van der Waals surface area (Å²) in [6, 6.07) is 29.9. The van der Waals surface area contributed by atoms with Crippen molar-refractivity contribution in [1.82, 2.24) is 9.44 Å². The topological polar surface area (TPSA) is 163 Å². The minimum atomic E-state index is -4.23. The maximum atomic E-state index is 14.0. The van der Waals surface area contributed by atoms with Crippen LogP contribution in [-0.4, -0.2) is 55.1 Å². The van der Waals surface area contributed by atoms with Gasteiger partial charge < -0.3 is 18.9 Å². The van der Waals surface area contributed by atoms with Crippen LogP contribution in [0.4, 0.5) is 0 Å². The molecule has 0 spiro atoms. The van der Waals surface area contributed by atoms with E-state index in [0.29, 0.717) is 74.7 Å². The molecule has 0 atom stereocenters. The Morgan fingerprint density at radius 1 is 0.390 bits per heavy atom. The molecule has 82 heavy (non-hydrogen) atoms. The molecule has 6 aromatic rings. The number of rotatable bonds is 16. The van der Waals surface area contributed by atoms with Gasteiger partial charge >= 0.3 is 0 Å². The number of amides is 2. The van der Waals surface area contributed by atoms with E-state index in [0.717, 1.165) is 77.9 Å². The lowest BCUT2D eigenvalue weighted by Crippen LogP contribution is -2.34. The summed E-state index contributed by atoms with van der Waals surface area (Å²) in [7, 11) is -8.46. The predicted molar refractivity (Wildman–Crippen MR) is 327 cm³/mol. The molecule has 1 aliphatic rings. The average molecular weight is 1160 g/mol. The lowest BCUT2D eigenvalue weighted by Gasteiger charge is -2.29. The average Bonchev–Trinajstić information content (AvgIpc) is 3.56. The lowest BCUT2D eigenvalue weighted by atomic mass is 9.79. The molecule has 2 N–H and O–H groups in total. The molecule has 0 radical (unpaired) electrons. The number of hydrogen-bond acceptors (Lipinski definition) is 10. The van der Waals surface area contributed by atoms with Gasteiger partial charge in [0.15, 0.2) is 13.2 Å². The van der Waals surface area contributed by atoms with Crippen LogP contribution in [0.2, 0.25) is 0 Å². The molecule has 0 saturated carbocycles. The summed E-state index contributed by atoms with van der Waals surface area (Å²) in [5, 5.41) is 0. The van der Waals surface area contributed by atoms with Crippen LogP contribution in [0.3, 0.4) is 0 Å². The first kappa shape index (κ1) is 63.0. The van der Waals surface area contributed by atoms with Crippen LogP contribution in [0.5, 0.6) is 23.0 Å². The molecule has 2 amide bonds. The van der Waals surface area contributed by atoms with E-state index in [4.69, 9.17) is 18.9 Å². The van der Waals surface area contributed by atoms with Crippen LogP contribution in [0, 0.1) is 13.8 Å². The fraction of sp³-hybridized carbons (Fsp3) is 0.441. The number of benzene rings is 6. The first-order valence-corrected chi connectivity index (χ1v) is 31.5. The third-order valence-corrected chi connectivity index (χ3v) is 17.5. The Hall–Kier alpha value is -6.64. The maximum absolute atomic E-state index is 14.0. The number of ether oxygens (including phenoxy) is 4. The highest BCUT2D eigenvalue weighted by atomic mass is 32.2. The van der Waals surface area contributed by atoms with Gasteiger partial charge in [0.1, 0.15) is 23.0 Å². The zero-order valence-corrected chi connectivity index (χ0v) is 52.8. The molecular formula is C68H86N2O10S2. The van der Waals surface area contributed by atoms with E-state index in [1.165, 1.54) is 24.3 Å². The number of carbonyl (C=O) groups is 2. The van der Waals surface area contributed by atoms with Gasteiger partial charge in [-0.1, -0.05) is 181 Å². The molecule has 0 fully saturated rings. The van der Waals surface area contributed by atoms with Crippen molar-refractivity contribution in [3.8, 4) is 23.0 Å². The van der Waals surface area contributed by atoms with Crippen molar-refractivity contribution in [2.75, 3.05) is 26.4 Å². The zero-order chi connectivity index (χ0) is 60.3. The monoisotopic (exact) mass is 1150 g/mol. The van der Waals surface area contributed by atoms with Crippen molar-refractivity contribution < 1.29 is 45.4 Å². The fourth-order valence-electron chi connectivity index (χ4n) is 9.96. The van der Waals surface area contributed by atoms with Crippen molar-refractivity contribution in [3.63, 3.8) is 0 Å². The summed E-state index contributed by atoms with van der Waals surface area (Å²) >= 11 is 0. The van der Waals surface area contributed by atoms with Crippen molar-refractivity contribution in [2.45, 2.75) is 181 Å². The normalized spacial score (nSPS) is 13.3. The molecule has 0 aromatic heterocycles. The Bertz CT molecular complexity index is 3220. The summed E-state index contributed by atoms with van der Waals surface area (Å²) < 4.78 is 86.4. The quantitative estimate of drug-likeness (QED) is 0.0952. The minimum Gasteiger partial charge on any atom is -0.493 e. The van der Waals surface area contributed by atoms with E-state index in [1.54, 1.807) is 24.3 Å². The molecule has 14 heteroatoms. The first-order valence-electron chi connectivity index (χ1n) is 28.6. The zero-order valence-electron chi connectivity index (χ0n) is 51.2. The van der Waals surface area contributed by atoms with Gasteiger partial charge in [0.2, 0.25) is 0 Å². The second-order valence-electron chi connectivity index (χ2n) is 26.2. The molecule has 0 unspecified atom stereocenters.